The van der Waals surface area contributed by atoms with Gasteiger partial charge in [0.2, 0.25) is 0 Å². The van der Waals surface area contributed by atoms with E-state index in [2.05, 4.69) is 12.1 Å². The van der Waals surface area contributed by atoms with Gasteiger partial charge in [-0.3, -0.25) is 0 Å². The highest BCUT2D eigenvalue weighted by Gasteiger charge is 2.44. The molecule has 162 valence electrons. The van der Waals surface area contributed by atoms with Gasteiger partial charge in [0.05, 0.1) is 23.5 Å². The van der Waals surface area contributed by atoms with Gasteiger partial charge in [-0.25, -0.2) is 0 Å². The third kappa shape index (κ3) is 2.94. The molecule has 8 heteroatoms. The Balaban J connectivity index is 1.55. The lowest BCUT2D eigenvalue weighted by Gasteiger charge is -2.36. The first-order valence-electron chi connectivity index (χ1n) is 10.8. The Morgan fingerprint density at radius 3 is 2.09 bits per heavy atom. The highest BCUT2D eigenvalue weighted by molar-refractivity contribution is 7.44. The van der Waals surface area contributed by atoms with Crippen molar-refractivity contribution in [1.29, 1.82) is 21.0 Å². The first-order valence-corrected chi connectivity index (χ1v) is 14.1. The largest absolute Gasteiger partial charge is 0.192 e. The van der Waals surface area contributed by atoms with E-state index in [9.17, 15) is 10.5 Å². The van der Waals surface area contributed by atoms with Gasteiger partial charge in [-0.15, -0.1) is 45.3 Å². The molecule has 4 aromatic heterocycles. The first-order chi connectivity index (χ1) is 16.6. The van der Waals surface area contributed by atoms with Gasteiger partial charge in [0, 0.05) is 19.9 Å². The van der Waals surface area contributed by atoms with Crippen LogP contribution in [0.15, 0.2) is 28.9 Å². The Hall–Kier alpha value is -3.24. The van der Waals surface area contributed by atoms with E-state index in [-0.39, 0.29) is 16.6 Å². The quantitative estimate of drug-likeness (QED) is 0.253. The van der Waals surface area contributed by atoms with Crippen LogP contribution in [0.2, 0.25) is 0 Å². The van der Waals surface area contributed by atoms with E-state index in [0.29, 0.717) is 0 Å². The summed E-state index contributed by atoms with van der Waals surface area (Å²) in [6, 6.07) is 10.0. The van der Waals surface area contributed by atoms with Gasteiger partial charge < -0.3 is 0 Å². The maximum absolute atomic E-state index is 9.37. The Labute approximate surface area is 211 Å². The molecule has 4 nitrogen and oxygen atoms in total. The van der Waals surface area contributed by atoms with Crippen LogP contribution in [0.25, 0.3) is 40.4 Å². The molecule has 1 fully saturated rings. The van der Waals surface area contributed by atoms with Gasteiger partial charge in [0.25, 0.3) is 0 Å². The van der Waals surface area contributed by atoms with Gasteiger partial charge in [0.15, 0.2) is 0 Å². The lowest BCUT2D eigenvalue weighted by Crippen LogP contribution is -2.28. The van der Waals surface area contributed by atoms with Gasteiger partial charge in [-0.05, 0) is 48.3 Å². The summed E-state index contributed by atoms with van der Waals surface area (Å²) >= 11 is 7.11. The summed E-state index contributed by atoms with van der Waals surface area (Å²) in [6.45, 7) is 0. The maximum Gasteiger partial charge on any atom is 0.131 e. The highest BCUT2D eigenvalue weighted by atomic mass is 32.1. The fourth-order valence-electron chi connectivity index (χ4n) is 5.31. The van der Waals surface area contributed by atoms with Crippen molar-refractivity contribution in [3.63, 3.8) is 0 Å². The van der Waals surface area contributed by atoms with E-state index in [4.69, 9.17) is 10.5 Å². The minimum Gasteiger partial charge on any atom is -0.192 e. The molecule has 1 saturated carbocycles. The molecule has 0 N–H and O–H groups in total. The zero-order valence-electron chi connectivity index (χ0n) is 17.8. The van der Waals surface area contributed by atoms with Crippen molar-refractivity contribution < 1.29 is 0 Å². The van der Waals surface area contributed by atoms with Crippen molar-refractivity contribution in [3.8, 4) is 24.3 Å². The van der Waals surface area contributed by atoms with Crippen LogP contribution < -0.4 is 0 Å². The lowest BCUT2D eigenvalue weighted by molar-refractivity contribution is 0.353. The van der Waals surface area contributed by atoms with Crippen LogP contribution in [0.4, 0.5) is 0 Å². The summed E-state index contributed by atoms with van der Waals surface area (Å²) in [7, 11) is 0. The van der Waals surface area contributed by atoms with Crippen molar-refractivity contribution in [2.24, 2.45) is 0 Å². The topological polar surface area (TPSA) is 95.2 Å². The van der Waals surface area contributed by atoms with Crippen LogP contribution in [0, 0.1) is 45.3 Å². The summed E-state index contributed by atoms with van der Waals surface area (Å²) in [6.07, 6.45) is 11.3. The maximum atomic E-state index is 9.37. The molecule has 2 aliphatic rings. The van der Waals surface area contributed by atoms with Crippen molar-refractivity contribution in [2.45, 2.75) is 37.5 Å². The van der Waals surface area contributed by atoms with Crippen LogP contribution in [0.5, 0.6) is 0 Å². The van der Waals surface area contributed by atoms with Gasteiger partial charge in [-0.1, -0.05) is 19.3 Å². The molecule has 0 radical (unpaired) electrons. The Bertz CT molecular complexity index is 1750. The highest BCUT2D eigenvalue weighted by Crippen LogP contribution is 2.60. The lowest BCUT2D eigenvalue weighted by atomic mass is 9.67. The average Bonchev–Trinajstić information content (AvgIpc) is 3.62. The zero-order valence-corrected chi connectivity index (χ0v) is 21.0. The Morgan fingerprint density at radius 1 is 0.735 bits per heavy atom. The molecule has 1 spiro atoms. The molecule has 6 rings (SSSR count). The molecule has 0 aromatic carbocycles. The molecule has 4 heterocycles. The minimum absolute atomic E-state index is 0.102. The number of hydrogen-bond acceptors (Lipinski definition) is 8. The van der Waals surface area contributed by atoms with Gasteiger partial charge >= 0.3 is 0 Å². The van der Waals surface area contributed by atoms with Crippen molar-refractivity contribution >= 4 is 85.7 Å². The molecular weight excluding hydrogens is 497 g/mol. The van der Waals surface area contributed by atoms with E-state index in [0.717, 1.165) is 36.1 Å². The summed E-state index contributed by atoms with van der Waals surface area (Å²) in [4.78, 5) is 2.21. The fraction of sp³-hybridized carbons (Fsp3) is 0.231. The SMILES string of the molecule is N#CC(C#N)=CC1=Cc2sc3c(sc4c5sc(C=C(C#N)C#N)cc5sc34)c2C12CCCCC2. The predicted molar refractivity (Wildman–Crippen MR) is 142 cm³/mol. The second kappa shape index (κ2) is 7.92. The van der Waals surface area contributed by atoms with Crippen molar-refractivity contribution in [1.82, 2.24) is 0 Å². The number of allylic oxidation sites excluding steroid dienone is 4. The molecule has 0 saturated heterocycles. The van der Waals surface area contributed by atoms with Crippen LogP contribution in [0.3, 0.4) is 0 Å². The third-order valence-electron chi connectivity index (χ3n) is 6.74. The molecule has 0 unspecified atom stereocenters. The average molecular weight is 511 g/mol. The van der Waals surface area contributed by atoms with Crippen LogP contribution in [-0.4, -0.2) is 0 Å². The summed E-state index contributed by atoms with van der Waals surface area (Å²) in [5.41, 5.74) is 2.72. The molecule has 34 heavy (non-hydrogen) atoms. The second-order valence-corrected chi connectivity index (χ2v) is 12.7. The number of thiophene rings is 4. The van der Waals surface area contributed by atoms with Gasteiger partial charge in [-0.2, -0.15) is 21.0 Å². The van der Waals surface area contributed by atoms with Crippen LogP contribution in [-0.2, 0) is 5.41 Å². The summed E-state index contributed by atoms with van der Waals surface area (Å²) in [5, 5.41) is 36.9. The molecular formula is C26H14N4S4. The van der Waals surface area contributed by atoms with Crippen LogP contribution in [0.1, 0.15) is 47.4 Å². The van der Waals surface area contributed by atoms with Gasteiger partial charge in [0.1, 0.15) is 35.4 Å². The number of nitriles is 4. The zero-order chi connectivity index (χ0) is 23.4. The number of rotatable bonds is 2. The summed E-state index contributed by atoms with van der Waals surface area (Å²) in [5.74, 6) is 0. The molecule has 0 bridgehead atoms. The second-order valence-electron chi connectivity index (χ2n) is 8.51. The molecule has 4 aromatic rings. The van der Waals surface area contributed by atoms with Crippen molar-refractivity contribution in [2.75, 3.05) is 0 Å². The van der Waals surface area contributed by atoms with E-state index < -0.39 is 0 Å². The summed E-state index contributed by atoms with van der Waals surface area (Å²) < 4.78 is 7.72. The third-order valence-corrected chi connectivity index (χ3v) is 12.0. The van der Waals surface area contributed by atoms with E-state index in [1.54, 1.807) is 28.7 Å². The van der Waals surface area contributed by atoms with E-state index >= 15 is 0 Å². The Morgan fingerprint density at radius 2 is 1.38 bits per heavy atom. The van der Waals surface area contributed by atoms with E-state index in [1.165, 1.54) is 45.1 Å². The fourth-order valence-corrected chi connectivity index (χ4v) is 11.3. The molecule has 0 atom stereocenters. The molecule has 2 aliphatic carbocycles. The predicted octanol–water partition coefficient (Wildman–Crippen LogP) is 8.40. The first kappa shape index (κ1) is 21.3. The number of fused-ring (bicyclic) bond motifs is 8. The smallest absolute Gasteiger partial charge is 0.131 e. The number of nitrogens with zero attached hydrogens (tertiary/aromatic N) is 4. The molecule has 0 amide bonds. The molecule has 0 aliphatic heterocycles. The van der Waals surface area contributed by atoms with Crippen molar-refractivity contribution in [3.05, 3.63) is 44.2 Å². The van der Waals surface area contributed by atoms with E-state index in [1.807, 2.05) is 53.0 Å². The standard InChI is InChI=1S/C26H14N4S4/c27-10-14(11-28)6-16-8-18-20(26(16)4-2-1-3-5-26)22-24(32-18)25-23(34-22)21-19(33-25)9-17(31-21)7-15(12-29)13-30/h6-9H,1-5H2. The van der Waals surface area contributed by atoms with Crippen LogP contribution >= 0.6 is 45.3 Å². The normalized spacial score (nSPS) is 15.9. The Kier molecular flexibility index (Phi) is 4.96. The number of hydrogen-bond donors (Lipinski definition) is 0. The minimum atomic E-state index is -0.102. The monoisotopic (exact) mass is 510 g/mol.